The van der Waals surface area contributed by atoms with E-state index in [2.05, 4.69) is 10.5 Å². The molecule has 2 fully saturated rings. The summed E-state index contributed by atoms with van der Waals surface area (Å²) in [5.41, 5.74) is 0.355. The Morgan fingerprint density at radius 3 is 2.45 bits per heavy atom. The maximum Gasteiger partial charge on any atom is 0.410 e. The zero-order valence-corrected chi connectivity index (χ0v) is 23.5. The minimum Gasteiger partial charge on any atom is -0.444 e. The second kappa shape index (κ2) is 13.6. The number of likely N-dealkylation sites (tertiary alicyclic amines) is 1. The van der Waals surface area contributed by atoms with Gasteiger partial charge < -0.3 is 19.8 Å². The number of oxime groups is 1. The van der Waals surface area contributed by atoms with Crippen LogP contribution in [0.3, 0.4) is 0 Å². The predicted octanol–water partition coefficient (Wildman–Crippen LogP) is 4.50. The normalized spacial score (nSPS) is 20.1. The smallest absolute Gasteiger partial charge is 0.410 e. The van der Waals surface area contributed by atoms with Crippen molar-refractivity contribution in [1.29, 1.82) is 0 Å². The molecule has 1 aromatic carbocycles. The molecular formula is C29H44N4O5. The molecule has 38 heavy (non-hydrogen) atoms. The van der Waals surface area contributed by atoms with E-state index in [1.54, 1.807) is 33.9 Å². The molecule has 1 heterocycles. The first-order chi connectivity index (χ1) is 18.1. The van der Waals surface area contributed by atoms with Crippen molar-refractivity contribution >= 4 is 24.1 Å². The van der Waals surface area contributed by atoms with E-state index in [9.17, 15) is 14.4 Å². The number of amides is 3. The SMILES string of the molecule is C[C@@H](C(=O)N[C@H](C(=O)N1CCCC1C=NOCc1ccccc1)C1CCCCC1)N(C)C(=O)OC(C)(C)C. The molecule has 0 aromatic heterocycles. The minimum atomic E-state index is -0.786. The summed E-state index contributed by atoms with van der Waals surface area (Å²) in [6.45, 7) is 7.97. The Kier molecular flexibility index (Phi) is 10.6. The molecule has 9 nitrogen and oxygen atoms in total. The zero-order valence-electron chi connectivity index (χ0n) is 23.5. The summed E-state index contributed by atoms with van der Waals surface area (Å²) in [6, 6.07) is 8.19. The van der Waals surface area contributed by atoms with Crippen LogP contribution in [-0.4, -0.2) is 71.2 Å². The van der Waals surface area contributed by atoms with Crippen LogP contribution in [0.1, 0.15) is 78.2 Å². The second-order valence-electron chi connectivity index (χ2n) is 11.4. The van der Waals surface area contributed by atoms with Crippen molar-refractivity contribution in [3.63, 3.8) is 0 Å². The molecule has 1 saturated heterocycles. The lowest BCUT2D eigenvalue weighted by atomic mass is 9.83. The lowest BCUT2D eigenvalue weighted by Crippen LogP contribution is -2.57. The first-order valence-electron chi connectivity index (χ1n) is 13.8. The fraction of sp³-hybridized carbons (Fsp3) is 0.655. The summed E-state index contributed by atoms with van der Waals surface area (Å²) in [6.07, 6.45) is 7.78. The molecule has 1 aromatic rings. The number of rotatable bonds is 9. The van der Waals surface area contributed by atoms with Gasteiger partial charge in [0.15, 0.2) is 0 Å². The van der Waals surface area contributed by atoms with Crippen LogP contribution in [0.4, 0.5) is 4.79 Å². The standard InChI is InChI=1S/C29H44N4O5/c1-21(32(5)28(36)38-29(2,3)4)26(34)31-25(23-15-10-7-11-16-23)27(35)33-18-12-17-24(33)19-30-37-20-22-13-8-6-9-14-22/h6,8-9,13-14,19,21,23-25H,7,10-12,15-18,20H2,1-5H3,(H,31,34)/t21-,24?,25-/m0/s1. The van der Waals surface area contributed by atoms with Crippen LogP contribution in [0, 0.1) is 5.92 Å². The summed E-state index contributed by atoms with van der Waals surface area (Å²) < 4.78 is 5.42. The molecule has 3 amide bonds. The van der Waals surface area contributed by atoms with E-state index in [-0.39, 0.29) is 23.8 Å². The highest BCUT2D eigenvalue weighted by Crippen LogP contribution is 2.29. The molecule has 1 aliphatic carbocycles. The molecule has 1 saturated carbocycles. The fourth-order valence-electron chi connectivity index (χ4n) is 4.99. The van der Waals surface area contributed by atoms with Gasteiger partial charge in [0.25, 0.3) is 0 Å². The van der Waals surface area contributed by atoms with Gasteiger partial charge >= 0.3 is 6.09 Å². The number of nitrogens with one attached hydrogen (secondary N) is 1. The molecule has 0 bridgehead atoms. The molecule has 0 spiro atoms. The maximum atomic E-state index is 13.9. The van der Waals surface area contributed by atoms with E-state index in [1.165, 1.54) is 11.9 Å². The molecule has 1 aliphatic heterocycles. The van der Waals surface area contributed by atoms with E-state index in [4.69, 9.17) is 9.57 Å². The number of benzene rings is 1. The zero-order chi connectivity index (χ0) is 27.7. The first-order valence-corrected chi connectivity index (χ1v) is 13.8. The van der Waals surface area contributed by atoms with Crippen molar-refractivity contribution in [1.82, 2.24) is 15.1 Å². The highest BCUT2D eigenvalue weighted by atomic mass is 16.6. The quantitative estimate of drug-likeness (QED) is 0.376. The van der Waals surface area contributed by atoms with E-state index in [0.717, 1.165) is 50.5 Å². The molecule has 9 heteroatoms. The second-order valence-corrected chi connectivity index (χ2v) is 11.4. The third-order valence-electron chi connectivity index (χ3n) is 7.29. The predicted molar refractivity (Wildman–Crippen MR) is 146 cm³/mol. The van der Waals surface area contributed by atoms with Crippen LogP contribution in [0.2, 0.25) is 0 Å². The largest absolute Gasteiger partial charge is 0.444 e. The molecular weight excluding hydrogens is 484 g/mol. The Labute approximate surface area is 226 Å². The van der Waals surface area contributed by atoms with Crippen molar-refractivity contribution in [2.75, 3.05) is 13.6 Å². The number of hydrogen-bond acceptors (Lipinski definition) is 6. The number of nitrogens with zero attached hydrogens (tertiary/aromatic N) is 3. The lowest BCUT2D eigenvalue weighted by Gasteiger charge is -2.35. The average Bonchev–Trinajstić information content (AvgIpc) is 3.37. The monoisotopic (exact) mass is 528 g/mol. The van der Waals surface area contributed by atoms with Crippen molar-refractivity contribution in [2.24, 2.45) is 11.1 Å². The summed E-state index contributed by atoms with van der Waals surface area (Å²) in [4.78, 5) is 48.2. The van der Waals surface area contributed by atoms with Crippen LogP contribution >= 0.6 is 0 Å². The number of ether oxygens (including phenoxy) is 1. The summed E-state index contributed by atoms with van der Waals surface area (Å²) in [7, 11) is 1.54. The van der Waals surface area contributed by atoms with Gasteiger partial charge in [-0.1, -0.05) is 54.8 Å². The molecule has 1 N–H and O–H groups in total. The van der Waals surface area contributed by atoms with Crippen LogP contribution in [0.25, 0.3) is 0 Å². The molecule has 2 aliphatic rings. The average molecular weight is 529 g/mol. The van der Waals surface area contributed by atoms with Gasteiger partial charge in [0.2, 0.25) is 11.8 Å². The number of likely N-dealkylation sites (N-methyl/N-ethyl adjacent to an activating group) is 1. The minimum absolute atomic E-state index is 0.0618. The number of carbonyl (C=O) groups excluding carboxylic acids is 3. The third kappa shape index (κ3) is 8.46. The van der Waals surface area contributed by atoms with Gasteiger partial charge in [-0.05, 0) is 64.9 Å². The van der Waals surface area contributed by atoms with Crippen molar-refractivity contribution < 1.29 is 24.0 Å². The Bertz CT molecular complexity index is 955. The van der Waals surface area contributed by atoms with Crippen molar-refractivity contribution in [2.45, 2.75) is 103 Å². The molecule has 1 unspecified atom stereocenters. The topological polar surface area (TPSA) is 101 Å². The van der Waals surface area contributed by atoms with Crippen LogP contribution in [0.15, 0.2) is 35.5 Å². The van der Waals surface area contributed by atoms with E-state index in [1.807, 2.05) is 35.2 Å². The molecule has 3 rings (SSSR count). The van der Waals surface area contributed by atoms with Gasteiger partial charge in [0, 0.05) is 13.6 Å². The maximum absolute atomic E-state index is 13.9. The van der Waals surface area contributed by atoms with Gasteiger partial charge in [-0.2, -0.15) is 0 Å². The van der Waals surface area contributed by atoms with Gasteiger partial charge in [0.1, 0.15) is 24.3 Å². The summed E-state index contributed by atoms with van der Waals surface area (Å²) in [5.74, 6) is -0.390. The van der Waals surface area contributed by atoms with E-state index in [0.29, 0.717) is 13.2 Å². The van der Waals surface area contributed by atoms with Gasteiger partial charge in [-0.3, -0.25) is 14.5 Å². The summed E-state index contributed by atoms with van der Waals surface area (Å²) in [5, 5.41) is 7.17. The van der Waals surface area contributed by atoms with E-state index < -0.39 is 23.8 Å². The Morgan fingerprint density at radius 1 is 1.11 bits per heavy atom. The highest BCUT2D eigenvalue weighted by Gasteiger charge is 2.39. The van der Waals surface area contributed by atoms with Crippen molar-refractivity contribution in [3.05, 3.63) is 35.9 Å². The molecule has 0 radical (unpaired) electrons. The Morgan fingerprint density at radius 2 is 1.79 bits per heavy atom. The number of hydrogen-bond donors (Lipinski definition) is 1. The van der Waals surface area contributed by atoms with Gasteiger partial charge in [-0.15, -0.1) is 0 Å². The Balaban J connectivity index is 1.66. The first kappa shape index (κ1) is 29.5. The lowest BCUT2D eigenvalue weighted by molar-refractivity contribution is -0.139. The third-order valence-corrected chi connectivity index (χ3v) is 7.29. The number of carbonyl (C=O) groups is 3. The Hall–Kier alpha value is -3.10. The van der Waals surface area contributed by atoms with Crippen molar-refractivity contribution in [3.8, 4) is 0 Å². The summed E-state index contributed by atoms with van der Waals surface area (Å²) >= 11 is 0. The van der Waals surface area contributed by atoms with Gasteiger partial charge in [-0.25, -0.2) is 4.79 Å². The van der Waals surface area contributed by atoms with E-state index >= 15 is 0 Å². The fourth-order valence-corrected chi connectivity index (χ4v) is 4.99. The molecule has 210 valence electrons. The van der Waals surface area contributed by atoms with Crippen LogP contribution < -0.4 is 5.32 Å². The molecule has 3 atom stereocenters. The van der Waals surface area contributed by atoms with Gasteiger partial charge in [0.05, 0.1) is 12.3 Å². The van der Waals surface area contributed by atoms with Crippen LogP contribution in [0.5, 0.6) is 0 Å². The van der Waals surface area contributed by atoms with Crippen LogP contribution in [-0.2, 0) is 25.8 Å². The highest BCUT2D eigenvalue weighted by molar-refractivity contribution is 5.92.